The highest BCUT2D eigenvalue weighted by atomic mass is 19.1. The van der Waals surface area contributed by atoms with E-state index in [0.29, 0.717) is 29.9 Å². The molecule has 1 aliphatic rings. The van der Waals surface area contributed by atoms with Gasteiger partial charge in [0, 0.05) is 17.7 Å². The number of rotatable bonds is 6. The van der Waals surface area contributed by atoms with Crippen molar-refractivity contribution in [3.8, 4) is 22.8 Å². The Balaban J connectivity index is 1.55. The summed E-state index contributed by atoms with van der Waals surface area (Å²) in [5.74, 6) is 0.0129. The highest BCUT2D eigenvalue weighted by Crippen LogP contribution is 2.44. The number of benzene rings is 3. The normalized spacial score (nSPS) is 15.0. The molecule has 0 radical (unpaired) electrons. The van der Waals surface area contributed by atoms with Crippen molar-refractivity contribution >= 4 is 5.91 Å². The summed E-state index contributed by atoms with van der Waals surface area (Å²) in [6.07, 6.45) is 0.650. The lowest BCUT2D eigenvalue weighted by atomic mass is 9.95. The van der Waals surface area contributed by atoms with Gasteiger partial charge in [-0.05, 0) is 47.9 Å². The van der Waals surface area contributed by atoms with Crippen molar-refractivity contribution in [2.24, 2.45) is 0 Å². The number of carbonyl (C=O) groups excluding carboxylic acids is 1. The van der Waals surface area contributed by atoms with Gasteiger partial charge >= 0.3 is 0 Å². The fourth-order valence-corrected chi connectivity index (χ4v) is 4.35. The number of amides is 1. The van der Waals surface area contributed by atoms with Gasteiger partial charge in [0.25, 0.3) is 5.91 Å². The van der Waals surface area contributed by atoms with Gasteiger partial charge in [-0.1, -0.05) is 42.5 Å². The largest absolute Gasteiger partial charge is 0.507 e. The van der Waals surface area contributed by atoms with E-state index in [1.807, 2.05) is 54.6 Å². The molecule has 4 aromatic rings. The average Bonchev–Trinajstić information content (AvgIpc) is 3.39. The van der Waals surface area contributed by atoms with Crippen LogP contribution in [0.5, 0.6) is 11.5 Å². The van der Waals surface area contributed by atoms with Crippen molar-refractivity contribution in [1.82, 2.24) is 15.1 Å². The monoisotopic (exact) mass is 443 g/mol. The van der Waals surface area contributed by atoms with Crippen molar-refractivity contribution in [1.29, 1.82) is 0 Å². The molecule has 33 heavy (non-hydrogen) atoms. The number of phenolic OH excluding ortho intramolecular Hbond substituents is 1. The molecule has 6 nitrogen and oxygen atoms in total. The van der Waals surface area contributed by atoms with Gasteiger partial charge in [-0.3, -0.25) is 9.89 Å². The summed E-state index contributed by atoms with van der Waals surface area (Å²) in [5.41, 5.74) is 3.61. The molecule has 7 heteroatoms. The van der Waals surface area contributed by atoms with Crippen molar-refractivity contribution < 1.29 is 19.0 Å². The topological polar surface area (TPSA) is 78.5 Å². The summed E-state index contributed by atoms with van der Waals surface area (Å²) in [4.78, 5) is 15.2. The van der Waals surface area contributed by atoms with Crippen LogP contribution in [0.1, 0.15) is 33.2 Å². The van der Waals surface area contributed by atoms with Crippen LogP contribution in [-0.2, 0) is 6.42 Å². The quantitative estimate of drug-likeness (QED) is 0.452. The number of ether oxygens (including phenoxy) is 1. The minimum Gasteiger partial charge on any atom is -0.507 e. The second-order valence-corrected chi connectivity index (χ2v) is 7.93. The number of fused-ring (bicyclic) bond motifs is 1. The number of nitrogens with one attached hydrogen (secondary N) is 1. The number of aromatic amines is 1. The van der Waals surface area contributed by atoms with E-state index in [9.17, 15) is 14.3 Å². The summed E-state index contributed by atoms with van der Waals surface area (Å²) in [7, 11) is 1.62. The summed E-state index contributed by atoms with van der Waals surface area (Å²) in [6.45, 7) is 0.474. The first kappa shape index (κ1) is 20.8. The third kappa shape index (κ3) is 3.71. The number of nitrogens with zero attached hydrogens (tertiary/aromatic N) is 2. The highest BCUT2D eigenvalue weighted by molar-refractivity contribution is 6.00. The first-order valence-corrected chi connectivity index (χ1v) is 10.6. The first-order chi connectivity index (χ1) is 16.1. The van der Waals surface area contributed by atoms with Crippen molar-refractivity contribution in [3.05, 3.63) is 101 Å². The van der Waals surface area contributed by atoms with Crippen LogP contribution in [0.4, 0.5) is 4.39 Å². The molecule has 0 unspecified atom stereocenters. The lowest BCUT2D eigenvalue weighted by Gasteiger charge is -2.26. The molecule has 166 valence electrons. The van der Waals surface area contributed by atoms with Gasteiger partial charge < -0.3 is 14.7 Å². The molecule has 0 fully saturated rings. The zero-order chi connectivity index (χ0) is 22.9. The molecule has 5 rings (SSSR count). The van der Waals surface area contributed by atoms with E-state index in [-0.39, 0.29) is 17.2 Å². The zero-order valence-corrected chi connectivity index (χ0v) is 18.0. The van der Waals surface area contributed by atoms with Crippen LogP contribution in [0.3, 0.4) is 0 Å². The molecule has 2 N–H and O–H groups in total. The standard InChI is InChI=1S/C26H22FN3O3/c1-33-19-10-7-16(8-11-19)13-14-30-25(17-5-3-2-4-6-17)22-23(28-29-24(22)26(30)32)20-15-18(27)9-12-21(20)31/h2-12,15,25,31H,13-14H2,1H3,(H,28,29)/t25-/m1/s1. The van der Waals surface area contributed by atoms with Gasteiger partial charge in [0.2, 0.25) is 0 Å². The molecule has 1 amide bonds. The maximum atomic E-state index is 14.0. The highest BCUT2D eigenvalue weighted by Gasteiger charge is 2.42. The van der Waals surface area contributed by atoms with Crippen molar-refractivity contribution in [3.63, 3.8) is 0 Å². The van der Waals surface area contributed by atoms with Crippen LogP contribution in [-0.4, -0.2) is 39.8 Å². The van der Waals surface area contributed by atoms with Crippen molar-refractivity contribution in [2.45, 2.75) is 12.5 Å². The number of hydrogen-bond acceptors (Lipinski definition) is 4. The lowest BCUT2D eigenvalue weighted by molar-refractivity contribution is 0.0746. The third-order valence-electron chi connectivity index (χ3n) is 5.99. The van der Waals surface area contributed by atoms with E-state index in [2.05, 4.69) is 10.2 Å². The first-order valence-electron chi connectivity index (χ1n) is 10.6. The number of aromatic nitrogens is 2. The van der Waals surface area contributed by atoms with E-state index >= 15 is 0 Å². The van der Waals surface area contributed by atoms with Gasteiger partial charge in [0.15, 0.2) is 0 Å². The molecule has 0 bridgehead atoms. The molecular formula is C26H22FN3O3. The van der Waals surface area contributed by atoms with Crippen LogP contribution >= 0.6 is 0 Å². The Morgan fingerprint density at radius 2 is 1.85 bits per heavy atom. The molecule has 0 saturated heterocycles. The fraction of sp³-hybridized carbons (Fsp3) is 0.154. The number of aromatic hydroxyl groups is 1. The zero-order valence-electron chi connectivity index (χ0n) is 18.0. The Hall–Kier alpha value is -4.13. The summed E-state index contributed by atoms with van der Waals surface area (Å²) in [6, 6.07) is 20.7. The van der Waals surface area contributed by atoms with E-state index in [4.69, 9.17) is 4.74 Å². The second-order valence-electron chi connectivity index (χ2n) is 7.93. The van der Waals surface area contributed by atoms with E-state index in [0.717, 1.165) is 16.9 Å². The van der Waals surface area contributed by atoms with Crippen LogP contribution in [0, 0.1) is 5.82 Å². The van der Waals surface area contributed by atoms with E-state index in [1.54, 1.807) is 12.0 Å². The van der Waals surface area contributed by atoms with Crippen LogP contribution in [0.2, 0.25) is 0 Å². The van der Waals surface area contributed by atoms with Crippen LogP contribution < -0.4 is 4.74 Å². The molecule has 3 aromatic carbocycles. The Labute approximate surface area is 190 Å². The minimum atomic E-state index is -0.489. The molecule has 0 spiro atoms. The predicted octanol–water partition coefficient (Wildman–Crippen LogP) is 4.72. The molecular weight excluding hydrogens is 421 g/mol. The fourth-order valence-electron chi connectivity index (χ4n) is 4.35. The van der Waals surface area contributed by atoms with Gasteiger partial charge in [-0.2, -0.15) is 5.10 Å². The van der Waals surface area contributed by atoms with Gasteiger partial charge in [-0.15, -0.1) is 0 Å². The summed E-state index contributed by atoms with van der Waals surface area (Å²) >= 11 is 0. The number of halogens is 1. The number of H-pyrrole nitrogens is 1. The minimum absolute atomic E-state index is 0.0957. The van der Waals surface area contributed by atoms with Gasteiger partial charge in [0.05, 0.1) is 13.2 Å². The molecule has 1 aromatic heterocycles. The molecule has 1 aliphatic heterocycles. The second kappa shape index (κ2) is 8.43. The van der Waals surface area contributed by atoms with Crippen LogP contribution in [0.15, 0.2) is 72.8 Å². The van der Waals surface area contributed by atoms with E-state index < -0.39 is 11.9 Å². The number of carbonyl (C=O) groups is 1. The predicted molar refractivity (Wildman–Crippen MR) is 122 cm³/mol. The third-order valence-corrected chi connectivity index (χ3v) is 5.99. The average molecular weight is 443 g/mol. The van der Waals surface area contributed by atoms with Gasteiger partial charge in [-0.25, -0.2) is 4.39 Å². The summed E-state index contributed by atoms with van der Waals surface area (Å²) in [5, 5.41) is 17.5. The number of phenols is 1. The Morgan fingerprint density at radius 1 is 1.09 bits per heavy atom. The maximum Gasteiger partial charge on any atom is 0.273 e. The van der Waals surface area contributed by atoms with E-state index in [1.165, 1.54) is 18.2 Å². The Morgan fingerprint density at radius 3 is 2.58 bits per heavy atom. The number of hydrogen-bond donors (Lipinski definition) is 2. The maximum absolute atomic E-state index is 14.0. The Kier molecular flexibility index (Phi) is 5.30. The molecule has 1 atom stereocenters. The van der Waals surface area contributed by atoms with Gasteiger partial charge in [0.1, 0.15) is 28.7 Å². The SMILES string of the molecule is COc1ccc(CCN2C(=O)c3[nH]nc(-c4cc(F)ccc4O)c3[C@H]2c2ccccc2)cc1. The smallest absolute Gasteiger partial charge is 0.273 e. The van der Waals surface area contributed by atoms with Crippen molar-refractivity contribution in [2.75, 3.05) is 13.7 Å². The van der Waals surface area contributed by atoms with Crippen LogP contribution in [0.25, 0.3) is 11.3 Å². The number of methoxy groups -OCH3 is 1. The Bertz CT molecular complexity index is 1300. The summed E-state index contributed by atoms with van der Waals surface area (Å²) < 4.78 is 19.2. The molecule has 2 heterocycles. The molecule has 0 aliphatic carbocycles. The molecule has 0 saturated carbocycles. The lowest BCUT2D eigenvalue weighted by Crippen LogP contribution is -2.31.